The lowest BCUT2D eigenvalue weighted by Crippen LogP contribution is -2.12. The van der Waals surface area contributed by atoms with Crippen LogP contribution in [0.3, 0.4) is 0 Å². The van der Waals surface area contributed by atoms with Crippen LogP contribution < -0.4 is 5.32 Å². The summed E-state index contributed by atoms with van der Waals surface area (Å²) in [4.78, 5) is 19.4. The van der Waals surface area contributed by atoms with Crippen molar-refractivity contribution in [1.82, 2.24) is 9.97 Å². The Labute approximate surface area is 158 Å². The lowest BCUT2D eigenvalue weighted by molar-refractivity contribution is 0.0689. The van der Waals surface area contributed by atoms with Crippen LogP contribution in [0, 0.1) is 20.8 Å². The number of aromatic nitrogens is 2. The lowest BCUT2D eigenvalue weighted by atomic mass is 10.0. The van der Waals surface area contributed by atoms with Crippen molar-refractivity contribution in [3.63, 3.8) is 0 Å². The maximum atomic E-state index is 11.8. The first-order chi connectivity index (χ1) is 12.9. The van der Waals surface area contributed by atoms with Gasteiger partial charge >= 0.3 is 5.97 Å². The fourth-order valence-electron chi connectivity index (χ4n) is 3.62. The Kier molecular flexibility index (Phi) is 5.19. The topological polar surface area (TPSA) is 98.2 Å². The maximum absolute atomic E-state index is 11.8. The summed E-state index contributed by atoms with van der Waals surface area (Å²) in [6.45, 7) is 8.29. The number of hydrogen-bond donors (Lipinski definition) is 4. The van der Waals surface area contributed by atoms with E-state index in [0.29, 0.717) is 29.6 Å². The number of carboxylic acids is 1. The van der Waals surface area contributed by atoms with E-state index in [1.54, 1.807) is 0 Å². The summed E-state index contributed by atoms with van der Waals surface area (Å²) < 4.78 is 0. The summed E-state index contributed by atoms with van der Waals surface area (Å²) in [6.07, 6.45) is 0.534. The van der Waals surface area contributed by atoms with Gasteiger partial charge in [0, 0.05) is 23.4 Å². The predicted molar refractivity (Wildman–Crippen MR) is 106 cm³/mol. The van der Waals surface area contributed by atoms with E-state index in [4.69, 9.17) is 0 Å². The molecule has 0 saturated heterocycles. The maximum Gasteiger partial charge on any atom is 0.354 e. The Morgan fingerprint density at radius 3 is 2.37 bits per heavy atom. The molecule has 0 spiro atoms. The van der Waals surface area contributed by atoms with Gasteiger partial charge in [0.2, 0.25) is 0 Å². The third-order valence-electron chi connectivity index (χ3n) is 5.15. The van der Waals surface area contributed by atoms with Crippen LogP contribution in [0.1, 0.15) is 50.9 Å². The third kappa shape index (κ3) is 3.28. The number of nitrogens with zero attached hydrogens (tertiary/aromatic N) is 1. The second-order valence-corrected chi connectivity index (χ2v) is 6.81. The van der Waals surface area contributed by atoms with E-state index in [2.05, 4.69) is 41.3 Å². The molecule has 6 heteroatoms. The first kappa shape index (κ1) is 18.9. The quantitative estimate of drug-likeness (QED) is 0.530. The molecule has 6 nitrogen and oxygen atoms in total. The van der Waals surface area contributed by atoms with E-state index in [0.717, 1.165) is 16.9 Å². The van der Waals surface area contributed by atoms with E-state index in [9.17, 15) is 15.0 Å². The third-order valence-corrected chi connectivity index (χ3v) is 5.15. The highest BCUT2D eigenvalue weighted by Crippen LogP contribution is 2.33. The van der Waals surface area contributed by atoms with Gasteiger partial charge < -0.3 is 20.5 Å². The van der Waals surface area contributed by atoms with Crippen LogP contribution in [-0.4, -0.2) is 26.2 Å². The van der Waals surface area contributed by atoms with Gasteiger partial charge in [-0.05, 0) is 43.9 Å². The minimum atomic E-state index is -1.06. The van der Waals surface area contributed by atoms with Crippen molar-refractivity contribution < 1.29 is 15.0 Å². The highest BCUT2D eigenvalue weighted by Gasteiger charge is 2.22. The first-order valence-electron chi connectivity index (χ1n) is 9.06. The molecule has 1 aromatic carbocycles. The molecular weight excluding hydrogens is 342 g/mol. The van der Waals surface area contributed by atoms with E-state index < -0.39 is 5.97 Å². The average Bonchev–Trinajstić information content (AvgIpc) is 2.95. The number of carboxylic acid groups (broad SMARTS) is 1. The molecule has 0 amide bonds. The van der Waals surface area contributed by atoms with Crippen LogP contribution >= 0.6 is 0 Å². The molecule has 2 heterocycles. The zero-order valence-corrected chi connectivity index (χ0v) is 16.1. The van der Waals surface area contributed by atoms with Gasteiger partial charge in [-0.3, -0.25) is 0 Å². The SMILES string of the molecule is CCc1c(C(=O)O)nc2c(CO)c(C)[nH]c2c1NCc1c(C)cccc1C. The van der Waals surface area contributed by atoms with Crippen molar-refractivity contribution in [2.75, 3.05) is 5.32 Å². The molecule has 27 heavy (non-hydrogen) atoms. The molecule has 0 aliphatic rings. The molecule has 3 rings (SSSR count). The van der Waals surface area contributed by atoms with Crippen molar-refractivity contribution in [2.24, 2.45) is 0 Å². The highest BCUT2D eigenvalue weighted by molar-refractivity contribution is 5.99. The highest BCUT2D eigenvalue weighted by atomic mass is 16.4. The van der Waals surface area contributed by atoms with Gasteiger partial charge in [0.25, 0.3) is 0 Å². The normalized spacial score (nSPS) is 11.1. The molecule has 2 aromatic heterocycles. The molecule has 0 saturated carbocycles. The van der Waals surface area contributed by atoms with E-state index in [1.807, 2.05) is 19.9 Å². The number of nitrogens with one attached hydrogen (secondary N) is 2. The number of hydrogen-bond acceptors (Lipinski definition) is 4. The monoisotopic (exact) mass is 367 g/mol. The number of aliphatic hydroxyl groups is 1. The van der Waals surface area contributed by atoms with Crippen molar-refractivity contribution in [2.45, 2.75) is 47.3 Å². The van der Waals surface area contributed by atoms with Gasteiger partial charge in [0.1, 0.15) is 0 Å². The second kappa shape index (κ2) is 7.40. The molecule has 0 atom stereocenters. The minimum absolute atomic E-state index is 0.0303. The second-order valence-electron chi connectivity index (χ2n) is 6.81. The molecule has 0 bridgehead atoms. The Bertz CT molecular complexity index is 1000. The van der Waals surface area contributed by atoms with E-state index >= 15 is 0 Å². The summed E-state index contributed by atoms with van der Waals surface area (Å²) in [5.74, 6) is -1.06. The molecule has 0 aliphatic heterocycles. The summed E-state index contributed by atoms with van der Waals surface area (Å²) in [6, 6.07) is 6.16. The van der Waals surface area contributed by atoms with Gasteiger partial charge in [-0.2, -0.15) is 0 Å². The molecule has 3 aromatic rings. The standard InChI is InChI=1S/C21H25N3O3/c1-5-14-17(22-9-15-11(2)7-6-8-12(15)3)20-18(24-19(14)21(26)27)16(10-25)13(4)23-20/h6-8,23,25H,5,9-10H2,1-4H3,(H,22,24)(H,26,27). The number of aromatic carboxylic acids is 1. The number of benzene rings is 1. The lowest BCUT2D eigenvalue weighted by Gasteiger charge is -2.17. The van der Waals surface area contributed by atoms with Crippen LogP contribution in [0.25, 0.3) is 11.0 Å². The number of aromatic amines is 1. The fourth-order valence-corrected chi connectivity index (χ4v) is 3.62. The largest absolute Gasteiger partial charge is 0.477 e. The first-order valence-corrected chi connectivity index (χ1v) is 9.06. The smallest absolute Gasteiger partial charge is 0.354 e. The van der Waals surface area contributed by atoms with Crippen LogP contribution in [0.15, 0.2) is 18.2 Å². The molecule has 0 unspecified atom stereocenters. The van der Waals surface area contributed by atoms with Crippen molar-refractivity contribution in [3.8, 4) is 0 Å². The number of H-pyrrole nitrogens is 1. The predicted octanol–water partition coefficient (Wildman–Crippen LogP) is 3.85. The van der Waals surface area contributed by atoms with E-state index in [1.165, 1.54) is 16.7 Å². The Hall–Kier alpha value is -2.86. The molecular formula is C21H25N3O3. The summed E-state index contributed by atoms with van der Waals surface area (Å²) in [5, 5.41) is 22.8. The van der Waals surface area contributed by atoms with E-state index in [-0.39, 0.29) is 12.3 Å². The molecule has 0 radical (unpaired) electrons. The van der Waals surface area contributed by atoms with Crippen molar-refractivity contribution >= 4 is 22.7 Å². The van der Waals surface area contributed by atoms with Crippen molar-refractivity contribution in [3.05, 3.63) is 57.4 Å². The van der Waals surface area contributed by atoms with Crippen LogP contribution in [0.2, 0.25) is 0 Å². The Morgan fingerprint density at radius 1 is 1.15 bits per heavy atom. The number of pyridine rings is 1. The van der Waals surface area contributed by atoms with Crippen LogP contribution in [0.4, 0.5) is 5.69 Å². The summed E-state index contributed by atoms with van der Waals surface area (Å²) in [5.41, 5.74) is 7.65. The van der Waals surface area contributed by atoms with Gasteiger partial charge in [0.15, 0.2) is 5.69 Å². The molecule has 4 N–H and O–H groups in total. The summed E-state index contributed by atoms with van der Waals surface area (Å²) in [7, 11) is 0. The van der Waals surface area contributed by atoms with Gasteiger partial charge in [-0.15, -0.1) is 0 Å². The zero-order valence-electron chi connectivity index (χ0n) is 16.1. The van der Waals surface area contributed by atoms with Crippen LogP contribution in [0.5, 0.6) is 0 Å². The molecule has 0 aliphatic carbocycles. The average molecular weight is 367 g/mol. The minimum Gasteiger partial charge on any atom is -0.477 e. The molecule has 142 valence electrons. The van der Waals surface area contributed by atoms with Gasteiger partial charge in [-0.1, -0.05) is 25.1 Å². The Balaban J connectivity index is 2.19. The number of anilines is 1. The Morgan fingerprint density at radius 2 is 1.81 bits per heavy atom. The van der Waals surface area contributed by atoms with Gasteiger partial charge in [0.05, 0.1) is 23.3 Å². The zero-order chi connectivity index (χ0) is 19.7. The number of carbonyl (C=O) groups is 1. The number of rotatable bonds is 6. The van der Waals surface area contributed by atoms with Crippen LogP contribution in [-0.2, 0) is 19.6 Å². The number of aryl methyl sites for hydroxylation is 3. The van der Waals surface area contributed by atoms with Gasteiger partial charge in [-0.25, -0.2) is 9.78 Å². The number of fused-ring (bicyclic) bond motifs is 1. The number of aliphatic hydroxyl groups excluding tert-OH is 1. The molecule has 0 fully saturated rings. The fraction of sp³-hybridized carbons (Fsp3) is 0.333. The van der Waals surface area contributed by atoms with Crippen molar-refractivity contribution in [1.29, 1.82) is 0 Å². The summed E-state index contributed by atoms with van der Waals surface area (Å²) >= 11 is 0.